The summed E-state index contributed by atoms with van der Waals surface area (Å²) >= 11 is 6.00. The molecule has 0 saturated carbocycles. The van der Waals surface area contributed by atoms with Crippen LogP contribution < -0.4 is 9.47 Å². The van der Waals surface area contributed by atoms with Crippen LogP contribution in [0.25, 0.3) is 0 Å². The molecule has 2 aromatic carbocycles. The normalized spacial score (nSPS) is 15.3. The standard InChI is InChI=1S/C23H27ClN2O5/c1-4-31-23(28)21(16-5-8-18(24)9-6-16)25-11-13-26(14-12-25)22(27)17-7-10-19(29-2)20(15-17)30-3/h5-10,15,21H,4,11-14H2,1-3H3. The summed E-state index contributed by atoms with van der Waals surface area (Å²) < 4.78 is 15.9. The predicted octanol–water partition coefficient (Wildman–Crippen LogP) is 3.42. The van der Waals surface area contributed by atoms with Crippen LogP contribution in [0, 0.1) is 0 Å². The molecule has 0 spiro atoms. The van der Waals surface area contributed by atoms with E-state index in [9.17, 15) is 9.59 Å². The summed E-state index contributed by atoms with van der Waals surface area (Å²) in [5.41, 5.74) is 1.35. The highest BCUT2D eigenvalue weighted by Crippen LogP contribution is 2.29. The number of rotatable bonds is 7. The van der Waals surface area contributed by atoms with E-state index in [0.717, 1.165) is 5.56 Å². The van der Waals surface area contributed by atoms with Gasteiger partial charge in [-0.1, -0.05) is 23.7 Å². The monoisotopic (exact) mass is 446 g/mol. The molecule has 1 unspecified atom stereocenters. The lowest BCUT2D eigenvalue weighted by Gasteiger charge is -2.38. The van der Waals surface area contributed by atoms with Crippen molar-refractivity contribution in [1.82, 2.24) is 9.80 Å². The minimum Gasteiger partial charge on any atom is -0.493 e. The Balaban J connectivity index is 1.72. The molecule has 1 atom stereocenters. The lowest BCUT2D eigenvalue weighted by Crippen LogP contribution is -2.51. The molecule has 1 aliphatic heterocycles. The van der Waals surface area contributed by atoms with Crippen LogP contribution in [0.15, 0.2) is 42.5 Å². The van der Waals surface area contributed by atoms with Gasteiger partial charge in [-0.2, -0.15) is 0 Å². The molecule has 0 bridgehead atoms. The van der Waals surface area contributed by atoms with Crippen molar-refractivity contribution in [3.63, 3.8) is 0 Å². The number of methoxy groups -OCH3 is 2. The van der Waals surface area contributed by atoms with Crippen LogP contribution in [0.3, 0.4) is 0 Å². The second-order valence-electron chi connectivity index (χ2n) is 7.10. The zero-order valence-electron chi connectivity index (χ0n) is 18.0. The number of carbonyl (C=O) groups excluding carboxylic acids is 2. The fraction of sp³-hybridized carbons (Fsp3) is 0.391. The third kappa shape index (κ3) is 5.29. The Morgan fingerprint density at radius 1 is 0.968 bits per heavy atom. The SMILES string of the molecule is CCOC(=O)C(c1ccc(Cl)cc1)N1CCN(C(=O)c2ccc(OC)c(OC)c2)CC1. The Labute approximate surface area is 187 Å². The number of esters is 1. The second kappa shape index (κ2) is 10.5. The van der Waals surface area contributed by atoms with Crippen molar-refractivity contribution < 1.29 is 23.8 Å². The number of benzene rings is 2. The second-order valence-corrected chi connectivity index (χ2v) is 7.54. The minimum absolute atomic E-state index is 0.0835. The van der Waals surface area contributed by atoms with E-state index in [0.29, 0.717) is 54.9 Å². The molecule has 3 rings (SSSR count). The average molecular weight is 447 g/mol. The van der Waals surface area contributed by atoms with E-state index in [1.165, 1.54) is 7.11 Å². The van der Waals surface area contributed by atoms with Gasteiger partial charge in [-0.25, -0.2) is 4.79 Å². The summed E-state index contributed by atoms with van der Waals surface area (Å²) in [7, 11) is 3.09. The van der Waals surface area contributed by atoms with Crippen LogP contribution in [0.5, 0.6) is 11.5 Å². The first-order valence-electron chi connectivity index (χ1n) is 10.2. The van der Waals surface area contributed by atoms with Crippen LogP contribution in [0.1, 0.15) is 28.9 Å². The molecule has 166 valence electrons. The van der Waals surface area contributed by atoms with Crippen molar-refractivity contribution in [3.8, 4) is 11.5 Å². The van der Waals surface area contributed by atoms with Gasteiger partial charge in [0.05, 0.1) is 20.8 Å². The van der Waals surface area contributed by atoms with Crippen LogP contribution >= 0.6 is 11.6 Å². The largest absolute Gasteiger partial charge is 0.493 e. The molecule has 0 radical (unpaired) electrons. The van der Waals surface area contributed by atoms with E-state index in [-0.39, 0.29) is 11.9 Å². The molecule has 1 fully saturated rings. The summed E-state index contributed by atoms with van der Waals surface area (Å²) in [6.45, 7) is 4.18. The van der Waals surface area contributed by atoms with Crippen LogP contribution in [-0.2, 0) is 9.53 Å². The number of ether oxygens (including phenoxy) is 3. The van der Waals surface area contributed by atoms with Gasteiger partial charge in [-0.05, 0) is 42.8 Å². The van der Waals surface area contributed by atoms with Gasteiger partial charge in [0.25, 0.3) is 5.91 Å². The summed E-state index contributed by atoms with van der Waals surface area (Å²) in [5.74, 6) is 0.700. The molecular formula is C23H27ClN2O5. The van der Waals surface area contributed by atoms with Crippen molar-refractivity contribution in [2.45, 2.75) is 13.0 Å². The molecule has 31 heavy (non-hydrogen) atoms. The molecular weight excluding hydrogens is 420 g/mol. The summed E-state index contributed by atoms with van der Waals surface area (Å²) in [4.78, 5) is 29.5. The maximum atomic E-state index is 13.0. The number of halogens is 1. The molecule has 0 aromatic heterocycles. The number of nitrogens with zero attached hydrogens (tertiary/aromatic N) is 2. The Bertz CT molecular complexity index is 911. The van der Waals surface area contributed by atoms with Gasteiger partial charge in [0, 0.05) is 36.8 Å². The summed E-state index contributed by atoms with van der Waals surface area (Å²) in [5, 5.41) is 0.608. The van der Waals surface area contributed by atoms with Gasteiger partial charge < -0.3 is 19.1 Å². The number of amides is 1. The van der Waals surface area contributed by atoms with E-state index < -0.39 is 6.04 Å². The van der Waals surface area contributed by atoms with Crippen molar-refractivity contribution >= 4 is 23.5 Å². The summed E-state index contributed by atoms with van der Waals surface area (Å²) in [6.07, 6.45) is 0. The lowest BCUT2D eigenvalue weighted by atomic mass is 10.0. The Kier molecular flexibility index (Phi) is 7.76. The fourth-order valence-electron chi connectivity index (χ4n) is 3.70. The predicted molar refractivity (Wildman–Crippen MR) is 118 cm³/mol. The number of hydrogen-bond donors (Lipinski definition) is 0. The Morgan fingerprint density at radius 2 is 1.61 bits per heavy atom. The zero-order chi connectivity index (χ0) is 22.4. The third-order valence-electron chi connectivity index (χ3n) is 5.29. The molecule has 0 aliphatic carbocycles. The Morgan fingerprint density at radius 3 is 2.19 bits per heavy atom. The molecule has 8 heteroatoms. The third-order valence-corrected chi connectivity index (χ3v) is 5.54. The quantitative estimate of drug-likeness (QED) is 0.607. The van der Waals surface area contributed by atoms with Gasteiger partial charge in [0.15, 0.2) is 11.5 Å². The highest BCUT2D eigenvalue weighted by atomic mass is 35.5. The molecule has 0 N–H and O–H groups in total. The van der Waals surface area contributed by atoms with Gasteiger partial charge in [0.1, 0.15) is 6.04 Å². The molecule has 2 aromatic rings. The first-order valence-corrected chi connectivity index (χ1v) is 10.5. The van der Waals surface area contributed by atoms with Crippen LogP contribution in [0.2, 0.25) is 5.02 Å². The maximum absolute atomic E-state index is 13.0. The van der Waals surface area contributed by atoms with Crippen molar-refractivity contribution in [3.05, 3.63) is 58.6 Å². The lowest BCUT2D eigenvalue weighted by molar-refractivity contribution is -0.150. The van der Waals surface area contributed by atoms with E-state index in [1.807, 2.05) is 17.0 Å². The van der Waals surface area contributed by atoms with Gasteiger partial charge >= 0.3 is 5.97 Å². The smallest absolute Gasteiger partial charge is 0.328 e. The van der Waals surface area contributed by atoms with Crippen molar-refractivity contribution in [2.75, 3.05) is 47.0 Å². The number of piperazine rings is 1. The molecule has 7 nitrogen and oxygen atoms in total. The van der Waals surface area contributed by atoms with E-state index in [1.54, 1.807) is 49.3 Å². The van der Waals surface area contributed by atoms with Crippen molar-refractivity contribution in [1.29, 1.82) is 0 Å². The first-order chi connectivity index (χ1) is 15.0. The highest BCUT2D eigenvalue weighted by Gasteiger charge is 2.33. The fourth-order valence-corrected chi connectivity index (χ4v) is 3.82. The van der Waals surface area contributed by atoms with Gasteiger partial charge in [0.2, 0.25) is 0 Å². The van der Waals surface area contributed by atoms with Gasteiger partial charge in [-0.3, -0.25) is 9.69 Å². The topological polar surface area (TPSA) is 68.3 Å². The average Bonchev–Trinajstić information content (AvgIpc) is 2.80. The van der Waals surface area contributed by atoms with Crippen LogP contribution in [-0.4, -0.2) is 68.7 Å². The molecule has 1 heterocycles. The maximum Gasteiger partial charge on any atom is 0.328 e. The Hall–Kier alpha value is -2.77. The van der Waals surface area contributed by atoms with E-state index >= 15 is 0 Å². The minimum atomic E-state index is -0.532. The zero-order valence-corrected chi connectivity index (χ0v) is 18.7. The first kappa shape index (κ1) is 22.9. The molecule has 1 saturated heterocycles. The van der Waals surface area contributed by atoms with Crippen molar-refractivity contribution in [2.24, 2.45) is 0 Å². The molecule has 1 amide bonds. The number of hydrogen-bond acceptors (Lipinski definition) is 6. The molecule has 1 aliphatic rings. The highest BCUT2D eigenvalue weighted by molar-refractivity contribution is 6.30. The van der Waals surface area contributed by atoms with E-state index in [2.05, 4.69) is 0 Å². The van der Waals surface area contributed by atoms with E-state index in [4.69, 9.17) is 25.8 Å². The van der Waals surface area contributed by atoms with Crippen LogP contribution in [0.4, 0.5) is 0 Å². The van der Waals surface area contributed by atoms with Gasteiger partial charge in [-0.15, -0.1) is 0 Å². The number of carbonyl (C=O) groups is 2. The summed E-state index contributed by atoms with van der Waals surface area (Å²) in [6, 6.07) is 11.8.